The summed E-state index contributed by atoms with van der Waals surface area (Å²) < 4.78 is 40.9. The summed E-state index contributed by atoms with van der Waals surface area (Å²) in [5.74, 6) is 3.19. The Morgan fingerprint density at radius 2 is 0.681 bits per heavy atom. The molecule has 0 bridgehead atoms. The average Bonchev–Trinajstić information content (AvgIpc) is 3.10. The maximum Gasteiger partial charge on any atom is 0.161 e. The molecule has 8 heteroatoms. The highest BCUT2D eigenvalue weighted by molar-refractivity contribution is 5.87. The van der Waals surface area contributed by atoms with Crippen molar-refractivity contribution >= 4 is 32.3 Å². The predicted molar refractivity (Wildman–Crippen MR) is 184 cm³/mol. The topological polar surface area (TPSA) is 84.8 Å². The van der Waals surface area contributed by atoms with E-state index in [1.54, 1.807) is 13.2 Å². The highest BCUT2D eigenvalue weighted by Gasteiger charge is 2.10. The molecule has 0 heterocycles. The number of hydrogen-bond acceptors (Lipinski definition) is 8. The van der Waals surface area contributed by atoms with Gasteiger partial charge in [0.25, 0.3) is 0 Å². The molecule has 0 aliphatic rings. The molecule has 47 heavy (non-hydrogen) atoms. The average molecular weight is 635 g/mol. The van der Waals surface area contributed by atoms with E-state index in [0.717, 1.165) is 32.3 Å². The van der Waals surface area contributed by atoms with E-state index in [1.807, 2.05) is 103 Å². The van der Waals surface area contributed by atoms with Gasteiger partial charge in [0.2, 0.25) is 0 Å². The molecule has 0 unspecified atom stereocenters. The minimum Gasteiger partial charge on any atom is -0.504 e. The van der Waals surface area contributed by atoms with E-state index in [4.69, 9.17) is 33.2 Å². The fourth-order valence-electron chi connectivity index (χ4n) is 5.26. The second kappa shape index (κ2) is 15.9. The highest BCUT2D eigenvalue weighted by Crippen LogP contribution is 2.34. The van der Waals surface area contributed by atoms with Gasteiger partial charge in [0.15, 0.2) is 34.5 Å². The molecule has 6 aromatic carbocycles. The summed E-state index contributed by atoms with van der Waals surface area (Å²) in [7, 11) is 1.64. The van der Waals surface area contributed by atoms with Gasteiger partial charge in [-0.05, 0) is 68.7 Å². The molecule has 6 aromatic rings. The number of aromatic hydroxyl groups is 1. The van der Waals surface area contributed by atoms with Crippen molar-refractivity contribution < 1.29 is 38.3 Å². The Kier molecular flexibility index (Phi) is 10.7. The van der Waals surface area contributed by atoms with Gasteiger partial charge in [-0.2, -0.15) is 0 Å². The van der Waals surface area contributed by atoms with Crippen molar-refractivity contribution in [1.29, 1.82) is 0 Å². The van der Waals surface area contributed by atoms with Crippen molar-refractivity contribution in [2.75, 3.05) is 60.0 Å². The van der Waals surface area contributed by atoms with E-state index in [2.05, 4.69) is 0 Å². The first-order valence-electron chi connectivity index (χ1n) is 15.7. The van der Waals surface area contributed by atoms with Crippen LogP contribution in [0.2, 0.25) is 0 Å². The molecule has 0 fully saturated rings. The summed E-state index contributed by atoms with van der Waals surface area (Å²) in [6.07, 6.45) is 0. The molecule has 8 nitrogen and oxygen atoms in total. The minimum atomic E-state index is 0.108. The zero-order chi connectivity index (χ0) is 32.3. The smallest absolute Gasteiger partial charge is 0.161 e. The van der Waals surface area contributed by atoms with E-state index >= 15 is 0 Å². The molecule has 0 aliphatic carbocycles. The van der Waals surface area contributed by atoms with Crippen molar-refractivity contribution in [3.05, 3.63) is 109 Å². The number of benzene rings is 6. The fraction of sp³-hybridized carbons (Fsp3) is 0.231. The van der Waals surface area contributed by atoms with Crippen LogP contribution in [0.5, 0.6) is 34.5 Å². The second-order valence-electron chi connectivity index (χ2n) is 10.8. The van der Waals surface area contributed by atoms with Crippen LogP contribution in [0.1, 0.15) is 0 Å². The van der Waals surface area contributed by atoms with E-state index in [9.17, 15) is 5.11 Å². The van der Waals surface area contributed by atoms with Gasteiger partial charge in [0.1, 0.15) is 26.4 Å². The van der Waals surface area contributed by atoms with E-state index < -0.39 is 0 Å². The third kappa shape index (κ3) is 8.35. The third-order valence-electron chi connectivity index (χ3n) is 7.61. The van der Waals surface area contributed by atoms with E-state index in [1.165, 1.54) is 0 Å². The van der Waals surface area contributed by atoms with Crippen molar-refractivity contribution in [3.63, 3.8) is 0 Å². The number of methoxy groups -OCH3 is 1. The SMILES string of the molecule is COc1cc2ccccc2cc1OCCOCCOc1cc2ccccc2cc1OCCOCCOc1cc2ccccc2cc1O. The molecular formula is C39H38O8. The van der Waals surface area contributed by atoms with Crippen LogP contribution in [-0.2, 0) is 9.47 Å². The van der Waals surface area contributed by atoms with E-state index in [0.29, 0.717) is 81.6 Å². The molecule has 0 saturated carbocycles. The Labute approximate surface area is 273 Å². The molecule has 0 aromatic heterocycles. The summed E-state index contributed by atoms with van der Waals surface area (Å²) in [6.45, 7) is 2.88. The molecule has 242 valence electrons. The van der Waals surface area contributed by atoms with E-state index in [-0.39, 0.29) is 5.75 Å². The van der Waals surface area contributed by atoms with Gasteiger partial charge in [0.05, 0.1) is 33.5 Å². The van der Waals surface area contributed by atoms with Crippen LogP contribution in [0.15, 0.2) is 109 Å². The van der Waals surface area contributed by atoms with Crippen molar-refractivity contribution in [2.45, 2.75) is 0 Å². The maximum atomic E-state index is 10.3. The zero-order valence-electron chi connectivity index (χ0n) is 26.4. The molecule has 0 aliphatic heterocycles. The summed E-state index contributed by atoms with van der Waals surface area (Å²) in [6, 6.07) is 35.4. The normalized spacial score (nSPS) is 11.2. The monoisotopic (exact) mass is 634 g/mol. The molecular weight excluding hydrogens is 596 g/mol. The number of phenols is 1. The maximum absolute atomic E-state index is 10.3. The molecule has 1 N–H and O–H groups in total. The van der Waals surface area contributed by atoms with Gasteiger partial charge >= 0.3 is 0 Å². The standard InChI is InChI=1S/C39H38O8/c1-41-36-24-30-10-4-5-11-31(30)25-37(36)45-19-15-43-17-21-47-39-27-33-13-7-6-12-32(33)26-38(39)46-20-16-42-14-18-44-35-23-29-9-3-2-8-28(29)22-34(35)40/h2-13,22-27,40H,14-21H2,1H3. The lowest BCUT2D eigenvalue weighted by Gasteiger charge is -2.15. The summed E-state index contributed by atoms with van der Waals surface area (Å²) in [5, 5.41) is 16.5. The number of phenolic OH excluding ortho intramolecular Hbond substituents is 1. The van der Waals surface area contributed by atoms with Crippen LogP contribution >= 0.6 is 0 Å². The van der Waals surface area contributed by atoms with Crippen LogP contribution in [0, 0.1) is 0 Å². The van der Waals surface area contributed by atoms with Gasteiger partial charge in [-0.25, -0.2) is 0 Å². The Bertz CT molecular complexity index is 1920. The Hall–Kier alpha value is -5.18. The molecule has 6 rings (SSSR count). The number of ether oxygens (including phenoxy) is 7. The highest BCUT2D eigenvalue weighted by atomic mass is 16.6. The minimum absolute atomic E-state index is 0.108. The molecule has 0 saturated heterocycles. The lowest BCUT2D eigenvalue weighted by Crippen LogP contribution is -2.14. The quantitative estimate of drug-likeness (QED) is 0.102. The molecule has 0 radical (unpaired) electrons. The van der Waals surface area contributed by atoms with Gasteiger partial charge in [-0.15, -0.1) is 0 Å². The molecule has 0 atom stereocenters. The molecule has 0 amide bonds. The first kappa shape index (κ1) is 31.8. The first-order valence-corrected chi connectivity index (χ1v) is 15.7. The third-order valence-corrected chi connectivity index (χ3v) is 7.61. The Morgan fingerprint density at radius 1 is 0.383 bits per heavy atom. The van der Waals surface area contributed by atoms with Gasteiger partial charge in [-0.3, -0.25) is 0 Å². The van der Waals surface area contributed by atoms with Crippen molar-refractivity contribution in [2.24, 2.45) is 0 Å². The molecule has 0 spiro atoms. The summed E-state index contributed by atoms with van der Waals surface area (Å²) in [5.41, 5.74) is 0. The number of hydrogen-bond donors (Lipinski definition) is 1. The van der Waals surface area contributed by atoms with Crippen LogP contribution < -0.4 is 23.7 Å². The summed E-state index contributed by atoms with van der Waals surface area (Å²) >= 11 is 0. The Morgan fingerprint density at radius 3 is 1.06 bits per heavy atom. The van der Waals surface area contributed by atoms with Crippen LogP contribution in [0.3, 0.4) is 0 Å². The Balaban J connectivity index is 0.932. The largest absolute Gasteiger partial charge is 0.504 e. The fourth-order valence-corrected chi connectivity index (χ4v) is 5.26. The summed E-state index contributed by atoms with van der Waals surface area (Å²) in [4.78, 5) is 0. The van der Waals surface area contributed by atoms with Crippen LogP contribution in [0.25, 0.3) is 32.3 Å². The number of rotatable bonds is 17. The lowest BCUT2D eigenvalue weighted by molar-refractivity contribution is 0.0694. The first-order chi connectivity index (χ1) is 23.2. The second-order valence-corrected chi connectivity index (χ2v) is 10.8. The lowest BCUT2D eigenvalue weighted by atomic mass is 10.1. The number of fused-ring (bicyclic) bond motifs is 3. The predicted octanol–water partition coefficient (Wildman–Crippen LogP) is 7.81. The van der Waals surface area contributed by atoms with Crippen molar-refractivity contribution in [3.8, 4) is 34.5 Å². The van der Waals surface area contributed by atoms with Gasteiger partial charge in [0, 0.05) is 0 Å². The van der Waals surface area contributed by atoms with Crippen molar-refractivity contribution in [1.82, 2.24) is 0 Å². The zero-order valence-corrected chi connectivity index (χ0v) is 26.4. The van der Waals surface area contributed by atoms with Crippen LogP contribution in [-0.4, -0.2) is 65.1 Å². The van der Waals surface area contributed by atoms with Crippen LogP contribution in [0.4, 0.5) is 0 Å². The van der Waals surface area contributed by atoms with Gasteiger partial charge < -0.3 is 38.3 Å². The van der Waals surface area contributed by atoms with Gasteiger partial charge in [-0.1, -0.05) is 72.8 Å².